The van der Waals surface area contributed by atoms with E-state index in [-0.39, 0.29) is 29.7 Å². The molecule has 0 bridgehead atoms. The quantitative estimate of drug-likeness (QED) is 0.684. The Bertz CT molecular complexity index is 518. The molecule has 0 atom stereocenters. The van der Waals surface area contributed by atoms with E-state index in [0.717, 1.165) is 19.3 Å². The van der Waals surface area contributed by atoms with E-state index >= 15 is 0 Å². The van der Waals surface area contributed by atoms with E-state index in [1.54, 1.807) is 10.9 Å². The molecular formula is C9H14N4O3S. The largest absolute Gasteiger partial charge is 0.312 e. The first kappa shape index (κ1) is 12.2. The second kappa shape index (κ2) is 4.53. The Balaban J connectivity index is 1.97. The van der Waals surface area contributed by atoms with Crippen LogP contribution in [0.4, 0.5) is 0 Å². The van der Waals surface area contributed by atoms with Crippen molar-refractivity contribution in [3.8, 4) is 0 Å². The first-order chi connectivity index (χ1) is 7.96. The van der Waals surface area contributed by atoms with Gasteiger partial charge in [-0.2, -0.15) is 0 Å². The van der Waals surface area contributed by atoms with Crippen molar-refractivity contribution in [2.75, 3.05) is 25.1 Å². The maximum Gasteiger partial charge on any atom is 0.185 e. The van der Waals surface area contributed by atoms with Gasteiger partial charge in [0.1, 0.15) is 15.5 Å². The average Bonchev–Trinajstić information content (AvgIpc) is 2.59. The molecule has 8 heteroatoms. The van der Waals surface area contributed by atoms with Gasteiger partial charge in [0, 0.05) is 25.8 Å². The van der Waals surface area contributed by atoms with E-state index in [1.807, 2.05) is 0 Å². The van der Waals surface area contributed by atoms with Crippen molar-refractivity contribution < 1.29 is 13.2 Å². The number of ketones is 1. The minimum Gasteiger partial charge on any atom is -0.312 e. The number of carbonyl (C=O) groups excluding carboxylic acids is 1. The second-order valence-corrected chi connectivity index (χ2v) is 6.46. The van der Waals surface area contributed by atoms with E-state index < -0.39 is 9.84 Å². The fourth-order valence-electron chi connectivity index (χ4n) is 1.45. The lowest BCUT2D eigenvalue weighted by molar-refractivity contribution is 0.0984. The Hall–Kier alpha value is -1.28. The highest BCUT2D eigenvalue weighted by atomic mass is 32.2. The predicted octanol–water partition coefficient (Wildman–Crippen LogP) is -0.960. The monoisotopic (exact) mass is 258 g/mol. The van der Waals surface area contributed by atoms with Crippen LogP contribution in [0.5, 0.6) is 0 Å². The van der Waals surface area contributed by atoms with E-state index in [0.29, 0.717) is 0 Å². The van der Waals surface area contributed by atoms with E-state index in [4.69, 9.17) is 0 Å². The number of sulfone groups is 1. The van der Waals surface area contributed by atoms with Crippen LogP contribution >= 0.6 is 0 Å². The Labute approximate surface area is 99.1 Å². The highest BCUT2D eigenvalue weighted by Crippen LogP contribution is 2.10. The zero-order chi connectivity index (χ0) is 12.5. The number of rotatable bonds is 5. The Kier molecular flexibility index (Phi) is 3.25. The van der Waals surface area contributed by atoms with Gasteiger partial charge in [0.25, 0.3) is 0 Å². The molecule has 1 saturated heterocycles. The van der Waals surface area contributed by atoms with Crippen molar-refractivity contribution in [3.63, 3.8) is 0 Å². The van der Waals surface area contributed by atoms with E-state index in [1.165, 1.54) is 0 Å². The molecule has 1 aromatic rings. The predicted molar refractivity (Wildman–Crippen MR) is 60.6 cm³/mol. The van der Waals surface area contributed by atoms with Crippen LogP contribution in [0, 0.1) is 0 Å². The minimum atomic E-state index is -3.12. The van der Waals surface area contributed by atoms with Crippen LogP contribution in [0.3, 0.4) is 0 Å². The van der Waals surface area contributed by atoms with Crippen molar-refractivity contribution in [1.29, 1.82) is 0 Å². The van der Waals surface area contributed by atoms with Gasteiger partial charge in [-0.3, -0.25) is 4.79 Å². The molecule has 0 amide bonds. The summed E-state index contributed by atoms with van der Waals surface area (Å²) < 4.78 is 23.5. The van der Waals surface area contributed by atoms with Crippen LogP contribution < -0.4 is 5.32 Å². The lowest BCUT2D eigenvalue weighted by atomic mass is 10.2. The summed E-state index contributed by atoms with van der Waals surface area (Å²) >= 11 is 0. The molecule has 1 N–H and O–H groups in total. The third kappa shape index (κ3) is 3.10. The number of nitrogens with one attached hydrogen (secondary N) is 1. The molecule has 0 radical (unpaired) electrons. The summed E-state index contributed by atoms with van der Waals surface area (Å²) in [4.78, 5) is 11.6. The summed E-state index contributed by atoms with van der Waals surface area (Å²) in [5, 5.41) is 10.7. The standard InChI is InChI=1S/C9H14N4O3S/c1-17(15,16)3-2-9(14)8-6-13(12-11-8)7-4-10-5-7/h6-7,10H,2-5H2,1H3. The molecule has 0 saturated carbocycles. The number of aromatic nitrogens is 3. The Morgan fingerprint density at radius 2 is 2.29 bits per heavy atom. The van der Waals surface area contributed by atoms with Crippen molar-refractivity contribution in [1.82, 2.24) is 20.3 Å². The SMILES string of the molecule is CS(=O)(=O)CCC(=O)c1cn(C2CNC2)nn1. The second-order valence-electron chi connectivity index (χ2n) is 4.20. The van der Waals surface area contributed by atoms with Crippen LogP contribution in [-0.4, -0.2) is 54.3 Å². The Morgan fingerprint density at radius 1 is 1.59 bits per heavy atom. The van der Waals surface area contributed by atoms with Gasteiger partial charge >= 0.3 is 0 Å². The third-order valence-corrected chi connectivity index (χ3v) is 3.58. The van der Waals surface area contributed by atoms with Crippen molar-refractivity contribution in [3.05, 3.63) is 11.9 Å². The summed E-state index contributed by atoms with van der Waals surface area (Å²) in [6.45, 7) is 1.64. The molecule has 0 aliphatic carbocycles. The molecule has 2 heterocycles. The maximum absolute atomic E-state index is 11.6. The van der Waals surface area contributed by atoms with Gasteiger partial charge < -0.3 is 5.32 Å². The normalized spacial score (nSPS) is 16.8. The highest BCUT2D eigenvalue weighted by Gasteiger charge is 2.21. The number of hydrogen-bond donors (Lipinski definition) is 1. The van der Waals surface area contributed by atoms with Gasteiger partial charge in [0.05, 0.1) is 18.0 Å². The van der Waals surface area contributed by atoms with Crippen LogP contribution in [0.1, 0.15) is 23.0 Å². The first-order valence-electron chi connectivity index (χ1n) is 5.29. The first-order valence-corrected chi connectivity index (χ1v) is 7.35. The summed E-state index contributed by atoms with van der Waals surface area (Å²) in [5.74, 6) is -0.433. The fourth-order valence-corrected chi connectivity index (χ4v) is 2.01. The van der Waals surface area contributed by atoms with Crippen LogP contribution in [0.2, 0.25) is 0 Å². The zero-order valence-corrected chi connectivity index (χ0v) is 10.3. The molecule has 0 aromatic carbocycles. The molecule has 94 valence electrons. The molecular weight excluding hydrogens is 244 g/mol. The molecule has 1 aromatic heterocycles. The topological polar surface area (TPSA) is 94.0 Å². The molecule has 1 fully saturated rings. The minimum absolute atomic E-state index is 0.0412. The summed E-state index contributed by atoms with van der Waals surface area (Å²) in [5.41, 5.74) is 0.237. The number of nitrogens with zero attached hydrogens (tertiary/aromatic N) is 3. The number of hydrogen-bond acceptors (Lipinski definition) is 6. The third-order valence-electron chi connectivity index (χ3n) is 2.63. The van der Waals surface area contributed by atoms with Crippen molar-refractivity contribution in [2.45, 2.75) is 12.5 Å². The molecule has 1 aliphatic heterocycles. The number of carbonyl (C=O) groups is 1. The van der Waals surface area contributed by atoms with Crippen molar-refractivity contribution in [2.24, 2.45) is 0 Å². The highest BCUT2D eigenvalue weighted by molar-refractivity contribution is 7.90. The van der Waals surface area contributed by atoms with Gasteiger partial charge in [-0.25, -0.2) is 13.1 Å². The zero-order valence-electron chi connectivity index (χ0n) is 9.46. The smallest absolute Gasteiger partial charge is 0.185 e. The maximum atomic E-state index is 11.6. The molecule has 7 nitrogen and oxygen atoms in total. The molecule has 17 heavy (non-hydrogen) atoms. The lowest BCUT2D eigenvalue weighted by Gasteiger charge is -2.26. The Morgan fingerprint density at radius 3 is 2.82 bits per heavy atom. The molecule has 2 rings (SSSR count). The summed E-state index contributed by atoms with van der Waals surface area (Å²) in [7, 11) is -3.12. The van der Waals surface area contributed by atoms with Gasteiger partial charge in [0.15, 0.2) is 5.78 Å². The van der Waals surface area contributed by atoms with Gasteiger partial charge in [0.2, 0.25) is 0 Å². The van der Waals surface area contributed by atoms with E-state index in [2.05, 4.69) is 15.6 Å². The number of Topliss-reactive ketones (excluding diaryl/α,β-unsaturated/α-hetero) is 1. The molecule has 1 aliphatic rings. The van der Waals surface area contributed by atoms with Crippen LogP contribution in [0.25, 0.3) is 0 Å². The molecule has 0 unspecified atom stereocenters. The summed E-state index contributed by atoms with van der Waals surface area (Å²) in [6, 6.07) is 0.249. The fraction of sp³-hybridized carbons (Fsp3) is 0.667. The van der Waals surface area contributed by atoms with Gasteiger partial charge in [-0.05, 0) is 0 Å². The average molecular weight is 258 g/mol. The molecule has 0 spiro atoms. The van der Waals surface area contributed by atoms with Gasteiger partial charge in [-0.15, -0.1) is 5.10 Å². The summed E-state index contributed by atoms with van der Waals surface area (Å²) in [6.07, 6.45) is 2.65. The van der Waals surface area contributed by atoms with E-state index in [9.17, 15) is 13.2 Å². The lowest BCUT2D eigenvalue weighted by Crippen LogP contribution is -2.43. The van der Waals surface area contributed by atoms with Crippen LogP contribution in [0.15, 0.2) is 6.20 Å². The van der Waals surface area contributed by atoms with Crippen molar-refractivity contribution >= 4 is 15.6 Å². The van der Waals surface area contributed by atoms with Crippen LogP contribution in [-0.2, 0) is 9.84 Å². The van der Waals surface area contributed by atoms with Gasteiger partial charge in [-0.1, -0.05) is 5.21 Å².